The van der Waals surface area contributed by atoms with Gasteiger partial charge < -0.3 is 4.42 Å². The molecule has 0 fully saturated rings. The highest BCUT2D eigenvalue weighted by molar-refractivity contribution is 7.09. The number of furan rings is 1. The maximum absolute atomic E-state index is 5.59. The summed E-state index contributed by atoms with van der Waals surface area (Å²) in [6, 6.07) is 2.11. The maximum Gasteiger partial charge on any atom is 0.105 e. The third-order valence-electron chi connectivity index (χ3n) is 2.54. The number of hydrazine groups is 1. The van der Waals surface area contributed by atoms with E-state index in [2.05, 4.69) is 10.4 Å². The van der Waals surface area contributed by atoms with Crippen molar-refractivity contribution in [3.05, 3.63) is 39.7 Å². The number of hydrogen-bond donors (Lipinski definition) is 2. The normalized spacial score (nSPS) is 12.9. The number of aryl methyl sites for hydroxylation is 2. The molecular formula is C11H15N3OS. The molecule has 1 atom stereocenters. The van der Waals surface area contributed by atoms with E-state index in [1.807, 2.05) is 31.6 Å². The monoisotopic (exact) mass is 237 g/mol. The molecule has 0 saturated carbocycles. The molecule has 0 bridgehead atoms. The van der Waals surface area contributed by atoms with E-state index < -0.39 is 0 Å². The van der Waals surface area contributed by atoms with Crippen molar-refractivity contribution in [2.75, 3.05) is 0 Å². The fourth-order valence-electron chi connectivity index (χ4n) is 1.80. The molecular weight excluding hydrogens is 222 g/mol. The fourth-order valence-corrected chi connectivity index (χ4v) is 2.44. The lowest BCUT2D eigenvalue weighted by Gasteiger charge is -2.13. The second-order valence-corrected chi connectivity index (χ2v) is 4.73. The summed E-state index contributed by atoms with van der Waals surface area (Å²) in [5, 5.41) is 0. The third-order valence-corrected chi connectivity index (χ3v) is 3.35. The van der Waals surface area contributed by atoms with E-state index >= 15 is 0 Å². The zero-order chi connectivity index (χ0) is 11.5. The number of thiazole rings is 1. The molecule has 0 aromatic carbocycles. The number of nitrogens with two attached hydrogens (primary N) is 1. The lowest BCUT2D eigenvalue weighted by Crippen LogP contribution is -2.29. The van der Waals surface area contributed by atoms with E-state index in [4.69, 9.17) is 10.3 Å². The second kappa shape index (κ2) is 4.78. The van der Waals surface area contributed by atoms with Gasteiger partial charge >= 0.3 is 0 Å². The van der Waals surface area contributed by atoms with Gasteiger partial charge in [-0.3, -0.25) is 16.3 Å². The SMILES string of the molecule is Cc1cc(C(Cc2cncs2)NN)c(C)o1. The van der Waals surface area contributed by atoms with Gasteiger partial charge in [0.25, 0.3) is 0 Å². The molecule has 0 aliphatic heterocycles. The Hall–Kier alpha value is -1.17. The van der Waals surface area contributed by atoms with Crippen molar-refractivity contribution in [3.8, 4) is 0 Å². The Morgan fingerprint density at radius 1 is 1.56 bits per heavy atom. The van der Waals surface area contributed by atoms with Gasteiger partial charge in [0, 0.05) is 23.1 Å². The molecule has 0 aliphatic rings. The van der Waals surface area contributed by atoms with Crippen molar-refractivity contribution >= 4 is 11.3 Å². The summed E-state index contributed by atoms with van der Waals surface area (Å²) in [7, 11) is 0. The summed E-state index contributed by atoms with van der Waals surface area (Å²) < 4.78 is 5.51. The van der Waals surface area contributed by atoms with Crippen molar-refractivity contribution in [1.82, 2.24) is 10.4 Å². The summed E-state index contributed by atoms with van der Waals surface area (Å²) in [6.45, 7) is 3.90. The standard InChI is InChI=1S/C11H15N3OS/c1-7-3-10(8(2)15-7)11(14-12)4-9-5-13-6-16-9/h3,5-6,11,14H,4,12H2,1-2H3. The summed E-state index contributed by atoms with van der Waals surface area (Å²) in [5.41, 5.74) is 5.78. The molecule has 0 amide bonds. The first-order valence-electron chi connectivity index (χ1n) is 5.11. The smallest absolute Gasteiger partial charge is 0.105 e. The van der Waals surface area contributed by atoms with E-state index in [1.54, 1.807) is 11.3 Å². The van der Waals surface area contributed by atoms with Gasteiger partial charge in [-0.25, -0.2) is 0 Å². The molecule has 2 heterocycles. The van der Waals surface area contributed by atoms with E-state index in [0.29, 0.717) is 0 Å². The molecule has 1 unspecified atom stereocenters. The molecule has 4 nitrogen and oxygen atoms in total. The minimum Gasteiger partial charge on any atom is -0.466 e. The topological polar surface area (TPSA) is 64.1 Å². The average Bonchev–Trinajstić information content (AvgIpc) is 2.85. The largest absolute Gasteiger partial charge is 0.466 e. The lowest BCUT2D eigenvalue weighted by atomic mass is 10.0. The molecule has 0 radical (unpaired) electrons. The van der Waals surface area contributed by atoms with Crippen LogP contribution in [0.15, 0.2) is 22.2 Å². The lowest BCUT2D eigenvalue weighted by molar-refractivity contribution is 0.485. The number of nitrogens with one attached hydrogen (secondary N) is 1. The first-order chi connectivity index (χ1) is 7.70. The summed E-state index contributed by atoms with van der Waals surface area (Å²) in [6.07, 6.45) is 2.71. The van der Waals surface area contributed by atoms with Crippen LogP contribution < -0.4 is 11.3 Å². The zero-order valence-electron chi connectivity index (χ0n) is 9.36. The molecule has 16 heavy (non-hydrogen) atoms. The molecule has 0 spiro atoms. The summed E-state index contributed by atoms with van der Waals surface area (Å²) >= 11 is 1.64. The van der Waals surface area contributed by atoms with Crippen molar-refractivity contribution in [3.63, 3.8) is 0 Å². The molecule has 0 aliphatic carbocycles. The number of aromatic nitrogens is 1. The molecule has 5 heteroatoms. The molecule has 3 N–H and O–H groups in total. The van der Waals surface area contributed by atoms with Crippen LogP contribution in [0.3, 0.4) is 0 Å². The van der Waals surface area contributed by atoms with Crippen LogP contribution in [0.2, 0.25) is 0 Å². The van der Waals surface area contributed by atoms with Crippen LogP contribution in [-0.2, 0) is 6.42 Å². The highest BCUT2D eigenvalue weighted by Crippen LogP contribution is 2.25. The first-order valence-corrected chi connectivity index (χ1v) is 5.99. The average molecular weight is 237 g/mol. The van der Waals surface area contributed by atoms with Crippen molar-refractivity contribution in [2.24, 2.45) is 5.84 Å². The summed E-state index contributed by atoms with van der Waals surface area (Å²) in [4.78, 5) is 5.27. The Labute approximate surface area is 98.5 Å². The molecule has 86 valence electrons. The number of nitrogens with zero attached hydrogens (tertiary/aromatic N) is 1. The summed E-state index contributed by atoms with van der Waals surface area (Å²) in [5.74, 6) is 7.43. The van der Waals surface area contributed by atoms with Gasteiger partial charge in [-0.05, 0) is 19.9 Å². The zero-order valence-corrected chi connectivity index (χ0v) is 10.2. The molecule has 2 rings (SSSR count). The van der Waals surface area contributed by atoms with Crippen LogP contribution in [0.5, 0.6) is 0 Å². The Morgan fingerprint density at radius 2 is 2.38 bits per heavy atom. The third kappa shape index (κ3) is 2.32. The highest BCUT2D eigenvalue weighted by atomic mass is 32.1. The van der Waals surface area contributed by atoms with Gasteiger partial charge in [-0.1, -0.05) is 0 Å². The molecule has 2 aromatic rings. The van der Waals surface area contributed by atoms with Crippen molar-refractivity contribution < 1.29 is 4.42 Å². The van der Waals surface area contributed by atoms with Crippen LogP contribution >= 0.6 is 11.3 Å². The maximum atomic E-state index is 5.59. The van der Waals surface area contributed by atoms with Crippen molar-refractivity contribution in [1.29, 1.82) is 0 Å². The Balaban J connectivity index is 2.19. The van der Waals surface area contributed by atoms with E-state index in [-0.39, 0.29) is 6.04 Å². The predicted molar refractivity (Wildman–Crippen MR) is 64.1 cm³/mol. The van der Waals surface area contributed by atoms with Gasteiger partial charge in [-0.15, -0.1) is 11.3 Å². The number of rotatable bonds is 4. The van der Waals surface area contributed by atoms with Crippen LogP contribution in [0, 0.1) is 13.8 Å². The highest BCUT2D eigenvalue weighted by Gasteiger charge is 2.16. The van der Waals surface area contributed by atoms with Crippen molar-refractivity contribution in [2.45, 2.75) is 26.3 Å². The van der Waals surface area contributed by atoms with Gasteiger partial charge in [-0.2, -0.15) is 0 Å². The minimum absolute atomic E-state index is 0.0814. The molecule has 2 aromatic heterocycles. The van der Waals surface area contributed by atoms with Crippen LogP contribution in [0.25, 0.3) is 0 Å². The van der Waals surface area contributed by atoms with Crippen LogP contribution in [-0.4, -0.2) is 4.98 Å². The fraction of sp³-hybridized carbons (Fsp3) is 0.364. The van der Waals surface area contributed by atoms with E-state index in [1.165, 1.54) is 4.88 Å². The van der Waals surface area contributed by atoms with E-state index in [0.717, 1.165) is 23.5 Å². The van der Waals surface area contributed by atoms with Gasteiger partial charge in [0.15, 0.2) is 0 Å². The van der Waals surface area contributed by atoms with Crippen LogP contribution in [0.1, 0.15) is 28.0 Å². The molecule has 0 saturated heterocycles. The van der Waals surface area contributed by atoms with Gasteiger partial charge in [0.2, 0.25) is 0 Å². The minimum atomic E-state index is 0.0814. The Morgan fingerprint density at radius 3 is 2.88 bits per heavy atom. The first kappa shape index (κ1) is 11.3. The van der Waals surface area contributed by atoms with Gasteiger partial charge in [0.1, 0.15) is 11.5 Å². The second-order valence-electron chi connectivity index (χ2n) is 3.76. The Kier molecular flexibility index (Phi) is 3.38. The number of hydrogen-bond acceptors (Lipinski definition) is 5. The quantitative estimate of drug-likeness (QED) is 0.631. The van der Waals surface area contributed by atoms with Gasteiger partial charge in [0.05, 0.1) is 11.6 Å². The van der Waals surface area contributed by atoms with E-state index in [9.17, 15) is 0 Å². The Bertz CT molecular complexity index is 450. The predicted octanol–water partition coefficient (Wildman–Crippen LogP) is 2.10. The van der Waals surface area contributed by atoms with Crippen LogP contribution in [0.4, 0.5) is 0 Å².